The third-order valence-electron chi connectivity index (χ3n) is 4.38. The monoisotopic (exact) mass is 355 g/mol. The molecule has 1 unspecified atom stereocenters. The van der Waals surface area contributed by atoms with Crippen LogP contribution in [-0.2, 0) is 11.2 Å². The van der Waals surface area contributed by atoms with Crippen LogP contribution in [-0.4, -0.2) is 32.5 Å². The Balaban J connectivity index is 1.83. The first kappa shape index (κ1) is 17.8. The molecule has 0 aromatic heterocycles. The van der Waals surface area contributed by atoms with Crippen LogP contribution in [0.5, 0.6) is 17.2 Å². The molecule has 26 heavy (non-hydrogen) atoms. The summed E-state index contributed by atoms with van der Waals surface area (Å²) in [7, 11) is 3.05. The molecule has 2 aromatic rings. The summed E-state index contributed by atoms with van der Waals surface area (Å²) in [6.07, 6.45) is 0.331. The standard InChI is InChI=1S/C20H21NO5/c1-4-26-16-8-6-5-7-15(16)21-20(23)14-9-12-10-17(24-2)18(25-3)11-13(12)19(14)22/h5-8,10-11,14H,4,9H2,1-3H3,(H,21,23). The fourth-order valence-corrected chi connectivity index (χ4v) is 3.10. The molecular weight excluding hydrogens is 334 g/mol. The summed E-state index contributed by atoms with van der Waals surface area (Å²) < 4.78 is 16.0. The van der Waals surface area contributed by atoms with Gasteiger partial charge in [0.15, 0.2) is 17.3 Å². The van der Waals surface area contributed by atoms with Gasteiger partial charge < -0.3 is 19.5 Å². The second kappa shape index (κ2) is 7.47. The minimum Gasteiger partial charge on any atom is -0.493 e. The van der Waals surface area contributed by atoms with Gasteiger partial charge in [-0.3, -0.25) is 9.59 Å². The number of hydrogen-bond acceptors (Lipinski definition) is 5. The molecule has 0 fully saturated rings. The Morgan fingerprint density at radius 3 is 2.50 bits per heavy atom. The van der Waals surface area contributed by atoms with Crippen molar-refractivity contribution in [2.24, 2.45) is 5.92 Å². The Bertz CT molecular complexity index is 846. The highest BCUT2D eigenvalue weighted by Crippen LogP contribution is 2.37. The molecule has 136 valence electrons. The molecule has 0 spiro atoms. The molecule has 0 aliphatic heterocycles. The number of carbonyl (C=O) groups is 2. The highest BCUT2D eigenvalue weighted by Gasteiger charge is 2.37. The molecule has 3 rings (SSSR count). The lowest BCUT2D eigenvalue weighted by Gasteiger charge is -2.13. The zero-order valence-corrected chi connectivity index (χ0v) is 15.0. The van der Waals surface area contributed by atoms with Gasteiger partial charge in [-0.25, -0.2) is 0 Å². The predicted molar refractivity (Wildman–Crippen MR) is 97.3 cm³/mol. The maximum atomic E-state index is 12.7. The summed E-state index contributed by atoms with van der Waals surface area (Å²) >= 11 is 0. The van der Waals surface area contributed by atoms with Crippen LogP contribution in [0.25, 0.3) is 0 Å². The lowest BCUT2D eigenvalue weighted by atomic mass is 10.0. The number of ether oxygens (including phenoxy) is 3. The molecule has 1 atom stereocenters. The second-order valence-electron chi connectivity index (χ2n) is 5.90. The summed E-state index contributed by atoms with van der Waals surface area (Å²) in [5.74, 6) is 0.249. The van der Waals surface area contributed by atoms with E-state index in [9.17, 15) is 9.59 Å². The number of anilines is 1. The number of nitrogens with one attached hydrogen (secondary N) is 1. The van der Waals surface area contributed by atoms with Gasteiger partial charge in [0.25, 0.3) is 0 Å². The number of fused-ring (bicyclic) bond motifs is 1. The molecule has 0 heterocycles. The van der Waals surface area contributed by atoms with E-state index in [2.05, 4.69) is 5.32 Å². The molecular formula is C20H21NO5. The minimum absolute atomic E-state index is 0.215. The van der Waals surface area contributed by atoms with E-state index < -0.39 is 5.92 Å². The molecule has 0 radical (unpaired) electrons. The van der Waals surface area contributed by atoms with Gasteiger partial charge in [-0.05, 0) is 43.2 Å². The fraction of sp³-hybridized carbons (Fsp3) is 0.300. The molecule has 1 N–H and O–H groups in total. The van der Waals surface area contributed by atoms with Gasteiger partial charge >= 0.3 is 0 Å². The molecule has 6 nitrogen and oxygen atoms in total. The Morgan fingerprint density at radius 2 is 1.81 bits per heavy atom. The molecule has 1 aliphatic carbocycles. The fourth-order valence-electron chi connectivity index (χ4n) is 3.10. The minimum atomic E-state index is -0.781. The van der Waals surface area contributed by atoms with Crippen molar-refractivity contribution in [3.05, 3.63) is 47.5 Å². The Labute approximate surface area is 152 Å². The highest BCUT2D eigenvalue weighted by molar-refractivity contribution is 6.17. The van der Waals surface area contributed by atoms with Crippen LogP contribution >= 0.6 is 0 Å². The number of amides is 1. The first-order valence-electron chi connectivity index (χ1n) is 8.40. The van der Waals surface area contributed by atoms with E-state index in [0.717, 1.165) is 5.56 Å². The number of ketones is 1. The number of methoxy groups -OCH3 is 2. The predicted octanol–water partition coefficient (Wildman–Crippen LogP) is 3.10. The van der Waals surface area contributed by atoms with E-state index in [1.54, 1.807) is 30.3 Å². The van der Waals surface area contributed by atoms with E-state index in [1.165, 1.54) is 14.2 Å². The molecule has 0 saturated heterocycles. The lowest BCUT2D eigenvalue weighted by molar-refractivity contribution is -0.118. The molecule has 0 bridgehead atoms. The smallest absolute Gasteiger partial charge is 0.235 e. The number of para-hydroxylation sites is 2. The molecule has 1 aliphatic rings. The van der Waals surface area contributed by atoms with Crippen LogP contribution in [0, 0.1) is 5.92 Å². The normalized spacial score (nSPS) is 15.3. The first-order valence-corrected chi connectivity index (χ1v) is 8.40. The van der Waals surface area contributed by atoms with Gasteiger partial charge in [0.1, 0.15) is 11.7 Å². The lowest BCUT2D eigenvalue weighted by Crippen LogP contribution is -2.27. The van der Waals surface area contributed by atoms with E-state index in [4.69, 9.17) is 14.2 Å². The van der Waals surface area contributed by atoms with Crippen LogP contribution < -0.4 is 19.5 Å². The van der Waals surface area contributed by atoms with E-state index in [1.807, 2.05) is 13.0 Å². The van der Waals surface area contributed by atoms with Crippen LogP contribution in [0.15, 0.2) is 36.4 Å². The molecule has 1 amide bonds. The van der Waals surface area contributed by atoms with Gasteiger partial charge in [-0.15, -0.1) is 0 Å². The summed E-state index contributed by atoms with van der Waals surface area (Å²) in [6.45, 7) is 2.36. The summed E-state index contributed by atoms with van der Waals surface area (Å²) in [5.41, 5.74) is 1.84. The largest absolute Gasteiger partial charge is 0.493 e. The number of benzene rings is 2. The third kappa shape index (κ3) is 3.22. The summed E-state index contributed by atoms with van der Waals surface area (Å²) in [6, 6.07) is 10.6. The summed E-state index contributed by atoms with van der Waals surface area (Å²) in [4.78, 5) is 25.4. The average Bonchev–Trinajstić information content (AvgIpc) is 2.98. The van der Waals surface area contributed by atoms with Gasteiger partial charge in [0.05, 0.1) is 26.5 Å². The van der Waals surface area contributed by atoms with Gasteiger partial charge in [0, 0.05) is 5.56 Å². The van der Waals surface area contributed by atoms with E-state index >= 15 is 0 Å². The van der Waals surface area contributed by atoms with Crippen LogP contribution in [0.2, 0.25) is 0 Å². The van der Waals surface area contributed by atoms with E-state index in [0.29, 0.717) is 41.5 Å². The maximum absolute atomic E-state index is 12.7. The first-order chi connectivity index (χ1) is 12.6. The number of hydrogen-bond donors (Lipinski definition) is 1. The average molecular weight is 355 g/mol. The maximum Gasteiger partial charge on any atom is 0.235 e. The Kier molecular flexibility index (Phi) is 5.11. The van der Waals surface area contributed by atoms with Crippen molar-refractivity contribution in [1.82, 2.24) is 0 Å². The topological polar surface area (TPSA) is 73.9 Å². The van der Waals surface area contributed by atoms with Crippen molar-refractivity contribution in [2.75, 3.05) is 26.1 Å². The SMILES string of the molecule is CCOc1ccccc1NC(=O)C1Cc2cc(OC)c(OC)cc2C1=O. The Morgan fingerprint density at radius 1 is 1.12 bits per heavy atom. The van der Waals surface area contributed by atoms with Gasteiger partial charge in [-0.2, -0.15) is 0 Å². The zero-order chi connectivity index (χ0) is 18.7. The number of carbonyl (C=O) groups excluding carboxylic acids is 2. The van der Waals surface area contributed by atoms with Crippen LogP contribution in [0.4, 0.5) is 5.69 Å². The Hall–Kier alpha value is -3.02. The van der Waals surface area contributed by atoms with Gasteiger partial charge in [-0.1, -0.05) is 12.1 Å². The van der Waals surface area contributed by atoms with Crippen molar-refractivity contribution < 1.29 is 23.8 Å². The number of rotatable bonds is 6. The van der Waals surface area contributed by atoms with Crippen LogP contribution in [0.3, 0.4) is 0 Å². The molecule has 6 heteroatoms. The quantitative estimate of drug-likeness (QED) is 0.806. The van der Waals surface area contributed by atoms with Gasteiger partial charge in [0.2, 0.25) is 5.91 Å². The zero-order valence-electron chi connectivity index (χ0n) is 15.0. The van der Waals surface area contributed by atoms with Crippen molar-refractivity contribution in [1.29, 1.82) is 0 Å². The highest BCUT2D eigenvalue weighted by atomic mass is 16.5. The van der Waals surface area contributed by atoms with Crippen molar-refractivity contribution in [2.45, 2.75) is 13.3 Å². The van der Waals surface area contributed by atoms with Crippen molar-refractivity contribution in [3.63, 3.8) is 0 Å². The van der Waals surface area contributed by atoms with E-state index in [-0.39, 0.29) is 11.7 Å². The molecule has 2 aromatic carbocycles. The summed E-state index contributed by atoms with van der Waals surface area (Å²) in [5, 5.41) is 2.81. The molecule has 0 saturated carbocycles. The second-order valence-corrected chi connectivity index (χ2v) is 5.90. The number of Topliss-reactive ketones (excluding diaryl/α,β-unsaturated/α-hetero) is 1. The van der Waals surface area contributed by atoms with Crippen LogP contribution in [0.1, 0.15) is 22.8 Å². The van der Waals surface area contributed by atoms with Crippen molar-refractivity contribution in [3.8, 4) is 17.2 Å². The third-order valence-corrected chi connectivity index (χ3v) is 4.38. The van der Waals surface area contributed by atoms with Crippen molar-refractivity contribution >= 4 is 17.4 Å².